The van der Waals surface area contributed by atoms with Gasteiger partial charge >= 0.3 is 0 Å². The van der Waals surface area contributed by atoms with Gasteiger partial charge in [-0.15, -0.1) is 0 Å². The van der Waals surface area contributed by atoms with Crippen LogP contribution < -0.4 is 4.74 Å². The van der Waals surface area contributed by atoms with Crippen molar-refractivity contribution < 1.29 is 14.9 Å². The number of pyridine rings is 2. The van der Waals surface area contributed by atoms with E-state index in [2.05, 4.69) is 9.97 Å². The van der Waals surface area contributed by atoms with Crippen molar-refractivity contribution in [1.29, 1.82) is 0 Å². The van der Waals surface area contributed by atoms with Gasteiger partial charge in [-0.25, -0.2) is 9.97 Å². The Morgan fingerprint density at radius 2 is 0.926 bits per heavy atom. The van der Waals surface area contributed by atoms with Crippen LogP contribution in [0.4, 0.5) is 0 Å². The summed E-state index contributed by atoms with van der Waals surface area (Å²) in [6.45, 7) is 0. The van der Waals surface area contributed by atoms with Gasteiger partial charge in [0.2, 0.25) is 11.8 Å². The Bertz CT molecular complexity index is 1010. The highest BCUT2D eigenvalue weighted by molar-refractivity contribution is 5.76. The lowest BCUT2D eigenvalue weighted by Crippen LogP contribution is -1.96. The molecule has 2 aromatic heterocycles. The Labute approximate surface area is 156 Å². The first-order valence-electron chi connectivity index (χ1n) is 8.38. The summed E-state index contributed by atoms with van der Waals surface area (Å²) in [5, 5.41) is 20.4. The van der Waals surface area contributed by atoms with E-state index in [-0.39, 0.29) is 11.5 Å². The molecule has 0 aliphatic carbocycles. The van der Waals surface area contributed by atoms with Crippen molar-refractivity contribution in [3.63, 3.8) is 0 Å². The second kappa shape index (κ2) is 7.17. The van der Waals surface area contributed by atoms with Crippen LogP contribution in [0.3, 0.4) is 0 Å². The second-order valence-corrected chi connectivity index (χ2v) is 5.85. The minimum absolute atomic E-state index is 0.136. The second-order valence-electron chi connectivity index (χ2n) is 5.85. The molecule has 2 heterocycles. The zero-order valence-electron chi connectivity index (χ0n) is 14.3. The van der Waals surface area contributed by atoms with E-state index in [0.29, 0.717) is 34.0 Å². The van der Waals surface area contributed by atoms with Gasteiger partial charge in [-0.1, -0.05) is 36.4 Å². The third-order valence-corrected chi connectivity index (χ3v) is 4.12. The molecule has 0 fully saturated rings. The molecule has 0 radical (unpaired) electrons. The fourth-order valence-electron chi connectivity index (χ4n) is 2.85. The number of benzene rings is 2. The highest BCUT2D eigenvalue weighted by Gasteiger charge is 2.16. The molecular weight excluding hydrogens is 340 g/mol. The lowest BCUT2D eigenvalue weighted by molar-refractivity contribution is 0.445. The van der Waals surface area contributed by atoms with E-state index in [9.17, 15) is 10.2 Å². The van der Waals surface area contributed by atoms with Gasteiger partial charge < -0.3 is 14.9 Å². The van der Waals surface area contributed by atoms with Crippen LogP contribution in [0.25, 0.3) is 22.3 Å². The summed E-state index contributed by atoms with van der Waals surface area (Å²) >= 11 is 0. The predicted molar refractivity (Wildman–Crippen MR) is 103 cm³/mol. The van der Waals surface area contributed by atoms with Crippen LogP contribution in [0.5, 0.6) is 23.3 Å². The molecule has 0 spiro atoms. The molecule has 0 amide bonds. The van der Waals surface area contributed by atoms with Crippen LogP contribution in [-0.2, 0) is 0 Å². The van der Waals surface area contributed by atoms with Gasteiger partial charge in [-0.2, -0.15) is 0 Å². The first-order valence-corrected chi connectivity index (χ1v) is 8.38. The molecule has 4 rings (SSSR count). The molecule has 0 saturated heterocycles. The van der Waals surface area contributed by atoms with Crippen LogP contribution >= 0.6 is 0 Å². The largest absolute Gasteiger partial charge is 0.507 e. The van der Waals surface area contributed by atoms with Crippen molar-refractivity contribution in [2.75, 3.05) is 0 Å². The number of phenolic OH excluding ortho intramolecular Hbond substituents is 2. The summed E-state index contributed by atoms with van der Waals surface area (Å²) in [7, 11) is 0. The first kappa shape index (κ1) is 16.6. The van der Waals surface area contributed by atoms with Crippen LogP contribution in [-0.4, -0.2) is 20.2 Å². The van der Waals surface area contributed by atoms with Gasteiger partial charge in [0.05, 0.1) is 0 Å². The quantitative estimate of drug-likeness (QED) is 0.537. The Kier molecular flexibility index (Phi) is 4.41. The van der Waals surface area contributed by atoms with E-state index < -0.39 is 0 Å². The monoisotopic (exact) mass is 356 g/mol. The highest BCUT2D eigenvalue weighted by Crippen LogP contribution is 2.39. The van der Waals surface area contributed by atoms with E-state index in [4.69, 9.17) is 4.74 Å². The number of aromatic nitrogens is 2. The van der Waals surface area contributed by atoms with Crippen molar-refractivity contribution in [2.45, 2.75) is 0 Å². The summed E-state index contributed by atoms with van der Waals surface area (Å²) in [6.07, 6.45) is 3.23. The first-order chi connectivity index (χ1) is 13.2. The van der Waals surface area contributed by atoms with E-state index >= 15 is 0 Å². The molecule has 5 heteroatoms. The summed E-state index contributed by atoms with van der Waals surface area (Å²) < 4.78 is 6.02. The van der Waals surface area contributed by atoms with Gasteiger partial charge in [0, 0.05) is 34.6 Å². The molecule has 132 valence electrons. The van der Waals surface area contributed by atoms with E-state index in [1.807, 2.05) is 24.3 Å². The molecule has 5 nitrogen and oxygen atoms in total. The molecule has 2 N–H and O–H groups in total. The molecule has 0 bridgehead atoms. The topological polar surface area (TPSA) is 75.5 Å². The number of aromatic hydroxyl groups is 2. The van der Waals surface area contributed by atoms with Crippen LogP contribution in [0.1, 0.15) is 0 Å². The third-order valence-electron chi connectivity index (χ3n) is 4.12. The van der Waals surface area contributed by atoms with Crippen molar-refractivity contribution in [3.05, 3.63) is 85.2 Å². The van der Waals surface area contributed by atoms with Crippen LogP contribution in [0.15, 0.2) is 85.2 Å². The van der Waals surface area contributed by atoms with Crippen molar-refractivity contribution in [2.24, 2.45) is 0 Å². The molecule has 0 unspecified atom stereocenters. The van der Waals surface area contributed by atoms with Gasteiger partial charge in [-0.05, 0) is 36.4 Å². The van der Waals surface area contributed by atoms with Crippen molar-refractivity contribution in [1.82, 2.24) is 9.97 Å². The average molecular weight is 356 g/mol. The number of para-hydroxylation sites is 2. The van der Waals surface area contributed by atoms with E-state index in [1.165, 1.54) is 0 Å². The fourth-order valence-corrected chi connectivity index (χ4v) is 2.85. The Morgan fingerprint density at radius 1 is 0.519 bits per heavy atom. The molecule has 0 aliphatic rings. The summed E-state index contributed by atoms with van der Waals surface area (Å²) in [4.78, 5) is 8.63. The van der Waals surface area contributed by atoms with Gasteiger partial charge in [0.25, 0.3) is 0 Å². The Balaban J connectivity index is 1.80. The number of phenols is 2. The summed E-state index contributed by atoms with van der Waals surface area (Å²) in [5.41, 5.74) is 2.51. The Morgan fingerprint density at radius 3 is 1.37 bits per heavy atom. The molecule has 2 aromatic carbocycles. The summed E-state index contributed by atoms with van der Waals surface area (Å²) in [5.74, 6) is 0.901. The maximum Gasteiger partial charge on any atom is 0.229 e. The molecular formula is C22H16N2O3. The molecule has 4 aromatic rings. The van der Waals surface area contributed by atoms with Gasteiger partial charge in [0.15, 0.2) is 0 Å². The Hall–Kier alpha value is -3.86. The lowest BCUT2D eigenvalue weighted by Gasteiger charge is -2.13. The van der Waals surface area contributed by atoms with Gasteiger partial charge in [0.1, 0.15) is 11.5 Å². The fraction of sp³-hybridized carbons (Fsp3) is 0. The maximum absolute atomic E-state index is 10.2. The van der Waals surface area contributed by atoms with E-state index in [0.717, 1.165) is 0 Å². The van der Waals surface area contributed by atoms with E-state index in [1.54, 1.807) is 60.9 Å². The van der Waals surface area contributed by atoms with Crippen molar-refractivity contribution >= 4 is 0 Å². The maximum atomic E-state index is 10.2. The smallest absolute Gasteiger partial charge is 0.229 e. The number of hydrogen-bond donors (Lipinski definition) is 2. The summed E-state index contributed by atoms with van der Waals surface area (Å²) in [6, 6.07) is 21.2. The zero-order valence-corrected chi connectivity index (χ0v) is 14.3. The minimum atomic E-state index is 0.136. The average Bonchev–Trinajstić information content (AvgIpc) is 2.70. The van der Waals surface area contributed by atoms with Gasteiger partial charge in [-0.3, -0.25) is 0 Å². The minimum Gasteiger partial charge on any atom is -0.507 e. The lowest BCUT2D eigenvalue weighted by atomic mass is 10.1. The van der Waals surface area contributed by atoms with Crippen molar-refractivity contribution in [3.8, 4) is 45.5 Å². The predicted octanol–water partition coefficient (Wildman–Crippen LogP) is 5.01. The number of ether oxygens (including phenoxy) is 1. The number of hydrogen-bond acceptors (Lipinski definition) is 5. The molecule has 27 heavy (non-hydrogen) atoms. The SMILES string of the molecule is Oc1ccccc1-c1cccnc1Oc1ncccc1-c1ccccc1O. The number of rotatable bonds is 4. The number of nitrogens with zero attached hydrogens (tertiary/aromatic N) is 2. The zero-order chi connectivity index (χ0) is 18.6. The molecule has 0 saturated carbocycles. The van der Waals surface area contributed by atoms with Crippen LogP contribution in [0, 0.1) is 0 Å². The molecule has 0 aliphatic heterocycles. The van der Waals surface area contributed by atoms with Crippen LogP contribution in [0.2, 0.25) is 0 Å². The standard InChI is InChI=1S/C22H16N2O3/c25-19-11-3-1-7-15(19)17-9-5-13-23-21(17)27-22-18(10-6-14-24-22)16-8-2-4-12-20(16)26/h1-14,25-26H. The highest BCUT2D eigenvalue weighted by atomic mass is 16.5. The normalized spacial score (nSPS) is 10.5. The third kappa shape index (κ3) is 3.30. The molecule has 0 atom stereocenters.